The Morgan fingerprint density at radius 2 is 2.00 bits per heavy atom. The second-order valence-electron chi connectivity index (χ2n) is 5.55. The maximum absolute atomic E-state index is 12.3. The molecule has 0 aliphatic rings. The Morgan fingerprint density at radius 3 is 2.62 bits per heavy atom. The molecule has 2 N–H and O–H groups in total. The van der Waals surface area contributed by atoms with Gasteiger partial charge >= 0.3 is 5.97 Å². The van der Waals surface area contributed by atoms with Crippen LogP contribution in [0.25, 0.3) is 11.4 Å². The number of H-pyrrole nitrogens is 1. The number of esters is 1. The van der Waals surface area contributed by atoms with Crippen LogP contribution in [-0.2, 0) is 9.53 Å². The van der Waals surface area contributed by atoms with E-state index in [4.69, 9.17) is 4.74 Å². The van der Waals surface area contributed by atoms with Crippen LogP contribution >= 0.6 is 0 Å². The van der Waals surface area contributed by atoms with Gasteiger partial charge in [0.15, 0.2) is 6.10 Å². The van der Waals surface area contributed by atoms with E-state index in [0.717, 1.165) is 5.56 Å². The first-order valence-electron chi connectivity index (χ1n) is 8.19. The van der Waals surface area contributed by atoms with Gasteiger partial charge in [0.25, 0.3) is 5.91 Å². The lowest BCUT2D eigenvalue weighted by Gasteiger charge is -2.16. The molecule has 0 saturated carbocycles. The number of carbonyl (C=O) groups excluding carboxylic acids is 2. The number of rotatable bonds is 6. The Labute approximate surface area is 150 Å². The Kier molecular flexibility index (Phi) is 5.38. The van der Waals surface area contributed by atoms with Crippen molar-refractivity contribution in [3.05, 3.63) is 66.7 Å². The molecule has 7 heteroatoms. The molecule has 1 aromatic carbocycles. The summed E-state index contributed by atoms with van der Waals surface area (Å²) in [5, 5.41) is 2.69. The highest BCUT2D eigenvalue weighted by Crippen LogP contribution is 2.16. The molecular weight excluding hydrogens is 332 g/mol. The molecule has 3 aromatic rings. The van der Waals surface area contributed by atoms with E-state index in [1.807, 2.05) is 0 Å². The molecule has 0 bridgehead atoms. The molecular formula is C19H18N4O3. The Bertz CT molecular complexity index is 862. The molecule has 0 fully saturated rings. The summed E-state index contributed by atoms with van der Waals surface area (Å²) in [6.07, 6.45) is 6.00. The van der Waals surface area contributed by atoms with Crippen LogP contribution in [0.15, 0.2) is 61.2 Å². The van der Waals surface area contributed by atoms with E-state index in [2.05, 4.69) is 20.3 Å². The van der Waals surface area contributed by atoms with Crippen LogP contribution in [0.1, 0.15) is 23.7 Å². The number of amides is 1. The highest BCUT2D eigenvalue weighted by molar-refractivity contribution is 5.97. The molecule has 1 atom stereocenters. The zero-order valence-electron chi connectivity index (χ0n) is 14.2. The molecule has 0 radical (unpaired) electrons. The van der Waals surface area contributed by atoms with Gasteiger partial charge in [-0.3, -0.25) is 9.78 Å². The third-order valence-electron chi connectivity index (χ3n) is 3.73. The zero-order chi connectivity index (χ0) is 18.4. The summed E-state index contributed by atoms with van der Waals surface area (Å²) in [4.78, 5) is 35.7. The molecule has 26 heavy (non-hydrogen) atoms. The fourth-order valence-electron chi connectivity index (χ4n) is 2.37. The van der Waals surface area contributed by atoms with Crippen molar-refractivity contribution in [2.75, 3.05) is 5.32 Å². The highest BCUT2D eigenvalue weighted by Gasteiger charge is 2.22. The van der Waals surface area contributed by atoms with Crippen molar-refractivity contribution in [2.24, 2.45) is 0 Å². The number of imidazole rings is 1. The number of anilines is 1. The predicted octanol–water partition coefficient (Wildman–Crippen LogP) is 3.05. The van der Waals surface area contributed by atoms with Crippen LogP contribution in [0, 0.1) is 0 Å². The summed E-state index contributed by atoms with van der Waals surface area (Å²) in [7, 11) is 0. The number of hydrogen-bond donors (Lipinski definition) is 2. The zero-order valence-corrected chi connectivity index (χ0v) is 14.2. The van der Waals surface area contributed by atoms with Crippen molar-refractivity contribution >= 4 is 17.6 Å². The van der Waals surface area contributed by atoms with Crippen LogP contribution < -0.4 is 5.32 Å². The van der Waals surface area contributed by atoms with Gasteiger partial charge in [0.05, 0.1) is 17.4 Å². The van der Waals surface area contributed by atoms with Crippen LogP contribution in [0.3, 0.4) is 0 Å². The van der Waals surface area contributed by atoms with Gasteiger partial charge in [-0.1, -0.05) is 19.1 Å². The average Bonchev–Trinajstić information content (AvgIpc) is 3.21. The maximum atomic E-state index is 12.3. The SMILES string of the molecule is CCC(OC(=O)c1ccc(-c2ncc[nH]2)cc1)C(=O)Nc1cccnc1. The lowest BCUT2D eigenvalue weighted by molar-refractivity contribution is -0.124. The Balaban J connectivity index is 1.64. The molecule has 132 valence electrons. The lowest BCUT2D eigenvalue weighted by Crippen LogP contribution is -2.32. The number of aromatic nitrogens is 3. The van der Waals surface area contributed by atoms with Gasteiger partial charge < -0.3 is 15.0 Å². The summed E-state index contributed by atoms with van der Waals surface area (Å²) >= 11 is 0. The van der Waals surface area contributed by atoms with E-state index in [9.17, 15) is 9.59 Å². The number of aromatic amines is 1. The molecule has 0 saturated heterocycles. The molecule has 2 aromatic heterocycles. The highest BCUT2D eigenvalue weighted by atomic mass is 16.5. The van der Waals surface area contributed by atoms with Crippen LogP contribution in [0.4, 0.5) is 5.69 Å². The van der Waals surface area contributed by atoms with Crippen LogP contribution in [0.5, 0.6) is 0 Å². The monoisotopic (exact) mass is 350 g/mol. The number of benzene rings is 1. The van der Waals surface area contributed by atoms with Gasteiger partial charge in [0.2, 0.25) is 0 Å². The van der Waals surface area contributed by atoms with Gasteiger partial charge in [-0.05, 0) is 30.7 Å². The topological polar surface area (TPSA) is 97.0 Å². The third-order valence-corrected chi connectivity index (χ3v) is 3.73. The van der Waals surface area contributed by atoms with E-state index in [1.165, 1.54) is 6.20 Å². The number of pyridine rings is 1. The summed E-state index contributed by atoms with van der Waals surface area (Å²) in [6.45, 7) is 1.78. The van der Waals surface area contributed by atoms with Crippen molar-refractivity contribution in [2.45, 2.75) is 19.4 Å². The molecule has 0 aliphatic carbocycles. The molecule has 1 unspecified atom stereocenters. The van der Waals surface area contributed by atoms with E-state index in [0.29, 0.717) is 23.5 Å². The summed E-state index contributed by atoms with van der Waals surface area (Å²) in [5.74, 6) is -0.225. The minimum atomic E-state index is -0.882. The average molecular weight is 350 g/mol. The largest absolute Gasteiger partial charge is 0.449 e. The minimum absolute atomic E-state index is 0.363. The minimum Gasteiger partial charge on any atom is -0.449 e. The maximum Gasteiger partial charge on any atom is 0.338 e. The number of ether oxygens (including phenoxy) is 1. The normalized spacial score (nSPS) is 11.6. The van der Waals surface area contributed by atoms with E-state index < -0.39 is 12.1 Å². The van der Waals surface area contributed by atoms with E-state index in [-0.39, 0.29) is 5.91 Å². The summed E-state index contributed by atoms with van der Waals surface area (Å²) in [6, 6.07) is 10.3. The van der Waals surface area contributed by atoms with Crippen molar-refractivity contribution in [1.82, 2.24) is 15.0 Å². The van der Waals surface area contributed by atoms with Crippen molar-refractivity contribution in [3.63, 3.8) is 0 Å². The van der Waals surface area contributed by atoms with Gasteiger partial charge in [0.1, 0.15) is 5.82 Å². The Hall–Kier alpha value is -3.48. The second kappa shape index (κ2) is 8.06. The van der Waals surface area contributed by atoms with Gasteiger partial charge in [-0.25, -0.2) is 9.78 Å². The number of carbonyl (C=O) groups is 2. The first kappa shape index (κ1) is 17.3. The molecule has 2 heterocycles. The Morgan fingerprint density at radius 1 is 1.19 bits per heavy atom. The van der Waals surface area contributed by atoms with Crippen molar-refractivity contribution in [3.8, 4) is 11.4 Å². The van der Waals surface area contributed by atoms with Gasteiger partial charge in [0, 0.05) is 24.2 Å². The smallest absolute Gasteiger partial charge is 0.338 e. The fraction of sp³-hybridized carbons (Fsp3) is 0.158. The number of nitrogens with one attached hydrogen (secondary N) is 2. The molecule has 1 amide bonds. The van der Waals surface area contributed by atoms with E-state index >= 15 is 0 Å². The van der Waals surface area contributed by atoms with Gasteiger partial charge in [-0.2, -0.15) is 0 Å². The molecule has 0 aliphatic heterocycles. The fourth-order valence-corrected chi connectivity index (χ4v) is 2.37. The summed E-state index contributed by atoms with van der Waals surface area (Å²) in [5.41, 5.74) is 1.77. The summed E-state index contributed by atoms with van der Waals surface area (Å²) < 4.78 is 5.36. The van der Waals surface area contributed by atoms with Crippen molar-refractivity contribution < 1.29 is 14.3 Å². The standard InChI is InChI=1S/C19H18N4O3/c1-2-16(18(24)23-15-4-3-9-20-12-15)26-19(25)14-7-5-13(6-8-14)17-21-10-11-22-17/h3-12,16H,2H2,1H3,(H,21,22)(H,23,24). The number of nitrogens with zero attached hydrogens (tertiary/aromatic N) is 2. The van der Waals surface area contributed by atoms with Crippen LogP contribution in [-0.4, -0.2) is 32.9 Å². The quantitative estimate of drug-likeness (QED) is 0.666. The first-order chi connectivity index (χ1) is 12.7. The molecule has 3 rings (SSSR count). The molecule has 7 nitrogen and oxygen atoms in total. The number of hydrogen-bond acceptors (Lipinski definition) is 5. The third kappa shape index (κ3) is 4.13. The molecule has 0 spiro atoms. The second-order valence-corrected chi connectivity index (χ2v) is 5.55. The van der Waals surface area contributed by atoms with E-state index in [1.54, 1.807) is 61.9 Å². The van der Waals surface area contributed by atoms with Crippen molar-refractivity contribution in [1.29, 1.82) is 0 Å². The van der Waals surface area contributed by atoms with Gasteiger partial charge in [-0.15, -0.1) is 0 Å². The lowest BCUT2D eigenvalue weighted by atomic mass is 10.1. The first-order valence-corrected chi connectivity index (χ1v) is 8.19. The van der Waals surface area contributed by atoms with Crippen LogP contribution in [0.2, 0.25) is 0 Å². The predicted molar refractivity (Wildman–Crippen MR) is 96.4 cm³/mol.